The Morgan fingerprint density at radius 1 is 1.23 bits per heavy atom. The van der Waals surface area contributed by atoms with Gasteiger partial charge in [-0.15, -0.1) is 0 Å². The van der Waals surface area contributed by atoms with Crippen molar-refractivity contribution in [3.05, 3.63) is 47.2 Å². The van der Waals surface area contributed by atoms with E-state index in [4.69, 9.17) is 0 Å². The Bertz CT molecular complexity index is 899. The van der Waals surface area contributed by atoms with Crippen LogP contribution in [-0.4, -0.2) is 41.5 Å². The van der Waals surface area contributed by atoms with Crippen molar-refractivity contribution in [2.24, 2.45) is 7.05 Å². The van der Waals surface area contributed by atoms with Crippen molar-refractivity contribution in [3.8, 4) is 0 Å². The Morgan fingerprint density at radius 3 is 2.65 bits per heavy atom. The first-order valence-corrected chi connectivity index (χ1v) is 10.2. The van der Waals surface area contributed by atoms with Crippen molar-refractivity contribution in [3.63, 3.8) is 0 Å². The molecule has 3 rings (SSSR count). The predicted octanol–water partition coefficient (Wildman–Crippen LogP) is 1.83. The predicted molar refractivity (Wildman–Crippen MR) is 98.2 cm³/mol. The number of aryl methyl sites for hydroxylation is 2. The minimum Gasteiger partial charge on any atom is -0.348 e. The second kappa shape index (κ2) is 7.59. The SMILES string of the molecule is Cc1cccc(CNC(=O)c2cn(C)nc2S(=O)(=O)N2CCCCC2)c1. The summed E-state index contributed by atoms with van der Waals surface area (Å²) in [5, 5.41) is 6.71. The first kappa shape index (κ1) is 18.6. The van der Waals surface area contributed by atoms with Gasteiger partial charge in [0.15, 0.2) is 0 Å². The summed E-state index contributed by atoms with van der Waals surface area (Å²) in [4.78, 5) is 12.6. The average molecular weight is 376 g/mol. The molecule has 7 nitrogen and oxygen atoms in total. The molecule has 0 atom stereocenters. The molecular formula is C18H24N4O3S. The number of carbonyl (C=O) groups excluding carboxylic acids is 1. The fourth-order valence-corrected chi connectivity index (χ4v) is 4.78. The molecule has 8 heteroatoms. The van der Waals surface area contributed by atoms with Gasteiger partial charge in [0.05, 0.1) is 5.56 Å². The second-order valence-electron chi connectivity index (χ2n) is 6.66. The molecule has 0 bridgehead atoms. The number of piperidine rings is 1. The van der Waals surface area contributed by atoms with Gasteiger partial charge in [0, 0.05) is 32.9 Å². The summed E-state index contributed by atoms with van der Waals surface area (Å²) in [5.41, 5.74) is 2.15. The summed E-state index contributed by atoms with van der Waals surface area (Å²) in [6.07, 6.45) is 4.16. The Kier molecular flexibility index (Phi) is 5.43. The van der Waals surface area contributed by atoms with Crippen molar-refractivity contribution in [1.29, 1.82) is 0 Å². The lowest BCUT2D eigenvalue weighted by Gasteiger charge is -2.25. The third-order valence-corrected chi connectivity index (χ3v) is 6.31. The van der Waals surface area contributed by atoms with E-state index < -0.39 is 15.9 Å². The lowest BCUT2D eigenvalue weighted by atomic mass is 10.1. The summed E-state index contributed by atoms with van der Waals surface area (Å²) in [7, 11) is -2.15. The number of benzene rings is 1. The van der Waals surface area contributed by atoms with Gasteiger partial charge in [0.1, 0.15) is 0 Å². The van der Waals surface area contributed by atoms with Crippen LogP contribution in [0.3, 0.4) is 0 Å². The van der Waals surface area contributed by atoms with Gasteiger partial charge in [-0.05, 0) is 25.3 Å². The van der Waals surface area contributed by atoms with Gasteiger partial charge in [-0.3, -0.25) is 9.48 Å². The first-order chi connectivity index (χ1) is 12.4. The van der Waals surface area contributed by atoms with E-state index in [0.717, 1.165) is 30.4 Å². The number of nitrogens with one attached hydrogen (secondary N) is 1. The first-order valence-electron chi connectivity index (χ1n) is 8.75. The van der Waals surface area contributed by atoms with E-state index in [-0.39, 0.29) is 10.6 Å². The van der Waals surface area contributed by atoms with Crippen LogP contribution in [0.5, 0.6) is 0 Å². The van der Waals surface area contributed by atoms with E-state index in [1.807, 2.05) is 31.2 Å². The molecule has 0 spiro atoms. The van der Waals surface area contributed by atoms with Gasteiger partial charge in [0.25, 0.3) is 15.9 Å². The van der Waals surface area contributed by atoms with Gasteiger partial charge in [0.2, 0.25) is 5.03 Å². The molecule has 0 aliphatic carbocycles. The number of hydrogen-bond donors (Lipinski definition) is 1. The van der Waals surface area contributed by atoms with Crippen LogP contribution in [0, 0.1) is 6.92 Å². The molecule has 1 saturated heterocycles. The highest BCUT2D eigenvalue weighted by Crippen LogP contribution is 2.22. The maximum Gasteiger partial charge on any atom is 0.263 e. The van der Waals surface area contributed by atoms with Crippen LogP contribution >= 0.6 is 0 Å². The van der Waals surface area contributed by atoms with E-state index in [1.54, 1.807) is 7.05 Å². The van der Waals surface area contributed by atoms with Crippen LogP contribution in [0.4, 0.5) is 0 Å². The summed E-state index contributed by atoms with van der Waals surface area (Å²) in [5.74, 6) is -0.435. The largest absolute Gasteiger partial charge is 0.348 e. The molecule has 1 N–H and O–H groups in total. The minimum atomic E-state index is -3.77. The maximum absolute atomic E-state index is 12.9. The quantitative estimate of drug-likeness (QED) is 0.863. The average Bonchev–Trinajstić information content (AvgIpc) is 3.03. The van der Waals surface area contributed by atoms with Crippen molar-refractivity contribution in [1.82, 2.24) is 19.4 Å². The fraction of sp³-hybridized carbons (Fsp3) is 0.444. The molecule has 1 fully saturated rings. The topological polar surface area (TPSA) is 84.3 Å². The number of aromatic nitrogens is 2. The zero-order valence-corrected chi connectivity index (χ0v) is 15.9. The molecule has 2 heterocycles. The van der Waals surface area contributed by atoms with Gasteiger partial charge >= 0.3 is 0 Å². The summed E-state index contributed by atoms with van der Waals surface area (Å²) in [6, 6.07) is 7.81. The number of carbonyl (C=O) groups is 1. The third kappa shape index (κ3) is 3.96. The van der Waals surface area contributed by atoms with Crippen molar-refractivity contribution < 1.29 is 13.2 Å². The zero-order valence-electron chi connectivity index (χ0n) is 15.1. The van der Waals surface area contributed by atoms with E-state index in [2.05, 4.69) is 10.4 Å². The van der Waals surface area contributed by atoms with E-state index in [0.29, 0.717) is 19.6 Å². The van der Waals surface area contributed by atoms with Crippen molar-refractivity contribution in [2.75, 3.05) is 13.1 Å². The molecular weight excluding hydrogens is 352 g/mol. The van der Waals surface area contributed by atoms with Crippen molar-refractivity contribution >= 4 is 15.9 Å². The molecule has 1 aliphatic heterocycles. The molecule has 140 valence electrons. The van der Waals surface area contributed by atoms with Crippen LogP contribution in [0.1, 0.15) is 40.7 Å². The molecule has 2 aromatic rings. The van der Waals surface area contributed by atoms with Crippen molar-refractivity contribution in [2.45, 2.75) is 37.8 Å². The summed E-state index contributed by atoms with van der Waals surface area (Å²) >= 11 is 0. The van der Waals surface area contributed by atoms with Gasteiger partial charge in [-0.1, -0.05) is 36.2 Å². The summed E-state index contributed by atoms with van der Waals surface area (Å²) in [6.45, 7) is 3.26. The Hall–Kier alpha value is -2.19. The highest BCUT2D eigenvalue weighted by Gasteiger charge is 2.33. The summed E-state index contributed by atoms with van der Waals surface area (Å²) < 4.78 is 28.6. The zero-order chi connectivity index (χ0) is 18.7. The van der Waals surface area contributed by atoms with E-state index in [9.17, 15) is 13.2 Å². The minimum absolute atomic E-state index is 0.0886. The van der Waals surface area contributed by atoms with E-state index in [1.165, 1.54) is 15.2 Å². The highest BCUT2D eigenvalue weighted by molar-refractivity contribution is 7.89. The molecule has 1 aliphatic rings. The Balaban J connectivity index is 1.81. The van der Waals surface area contributed by atoms with Crippen LogP contribution < -0.4 is 5.32 Å². The van der Waals surface area contributed by atoms with Gasteiger partial charge in [-0.2, -0.15) is 9.40 Å². The van der Waals surface area contributed by atoms with Crippen LogP contribution in [0.2, 0.25) is 0 Å². The Labute approximate surface area is 154 Å². The molecule has 1 amide bonds. The second-order valence-corrected chi connectivity index (χ2v) is 8.51. The molecule has 1 aromatic heterocycles. The van der Waals surface area contributed by atoms with Gasteiger partial charge < -0.3 is 5.32 Å². The van der Waals surface area contributed by atoms with E-state index >= 15 is 0 Å². The molecule has 1 aromatic carbocycles. The third-order valence-electron chi connectivity index (χ3n) is 4.47. The highest BCUT2D eigenvalue weighted by atomic mass is 32.2. The number of sulfonamides is 1. The van der Waals surface area contributed by atoms with Crippen LogP contribution in [0.15, 0.2) is 35.5 Å². The fourth-order valence-electron chi connectivity index (χ4n) is 3.14. The lowest BCUT2D eigenvalue weighted by Crippen LogP contribution is -2.37. The van der Waals surface area contributed by atoms with Crippen LogP contribution in [-0.2, 0) is 23.6 Å². The normalized spacial score (nSPS) is 15.8. The molecule has 0 unspecified atom stereocenters. The Morgan fingerprint density at radius 2 is 1.96 bits per heavy atom. The maximum atomic E-state index is 12.9. The lowest BCUT2D eigenvalue weighted by molar-refractivity contribution is 0.0947. The number of rotatable bonds is 5. The number of hydrogen-bond acceptors (Lipinski definition) is 4. The monoisotopic (exact) mass is 376 g/mol. The number of nitrogens with zero attached hydrogens (tertiary/aromatic N) is 3. The molecule has 26 heavy (non-hydrogen) atoms. The van der Waals surface area contributed by atoms with Gasteiger partial charge in [-0.25, -0.2) is 8.42 Å². The number of amides is 1. The standard InChI is InChI=1S/C18H24N4O3S/c1-14-7-6-8-15(11-14)12-19-17(23)16-13-21(2)20-18(16)26(24,25)22-9-4-3-5-10-22/h6-8,11,13H,3-5,9-10,12H2,1-2H3,(H,19,23). The molecule has 0 radical (unpaired) electrons. The smallest absolute Gasteiger partial charge is 0.263 e. The molecule has 0 saturated carbocycles. The van der Waals surface area contributed by atoms with Crippen LogP contribution in [0.25, 0.3) is 0 Å².